The van der Waals surface area contributed by atoms with Gasteiger partial charge in [-0.2, -0.15) is 0 Å². The van der Waals surface area contributed by atoms with Crippen LogP contribution < -0.4 is 4.90 Å². The number of fused-ring (bicyclic) bond motifs is 6. The van der Waals surface area contributed by atoms with Crippen LogP contribution in [0.3, 0.4) is 0 Å². The largest absolute Gasteiger partial charge is 0.393 e. The van der Waals surface area contributed by atoms with E-state index in [4.69, 9.17) is 0 Å². The summed E-state index contributed by atoms with van der Waals surface area (Å²) >= 11 is 0. The summed E-state index contributed by atoms with van der Waals surface area (Å²) < 4.78 is 13.8. The number of benzene rings is 1. The highest BCUT2D eigenvalue weighted by atomic mass is 19.1. The Kier molecular flexibility index (Phi) is 6.06. The van der Waals surface area contributed by atoms with Crippen LogP contribution in [0.4, 0.5) is 10.1 Å². The third-order valence-electron chi connectivity index (χ3n) is 12.0. The van der Waals surface area contributed by atoms with Crippen molar-refractivity contribution in [2.45, 2.75) is 103 Å². The fourth-order valence-corrected chi connectivity index (χ4v) is 10.1. The molecule has 1 aromatic carbocycles. The molecule has 1 aliphatic heterocycles. The predicted octanol–water partition coefficient (Wildman–Crippen LogP) is 6.90. The second-order valence-electron chi connectivity index (χ2n) is 13.4. The number of aliphatic hydroxyl groups is 1. The topological polar surface area (TPSA) is 40.5 Å². The van der Waals surface area contributed by atoms with Gasteiger partial charge in [0.1, 0.15) is 5.82 Å². The average molecular weight is 482 g/mol. The molecule has 6 unspecified atom stereocenters. The van der Waals surface area contributed by atoms with Crippen LogP contribution in [-0.2, 0) is 11.2 Å². The van der Waals surface area contributed by atoms with Gasteiger partial charge in [-0.25, -0.2) is 4.39 Å². The van der Waals surface area contributed by atoms with Crippen LogP contribution in [0.2, 0.25) is 0 Å². The number of halogens is 1. The number of carbonyl (C=O) groups is 1. The van der Waals surface area contributed by atoms with E-state index in [2.05, 4.69) is 13.8 Å². The molecule has 1 aromatic rings. The third-order valence-corrected chi connectivity index (χ3v) is 12.0. The minimum atomic E-state index is -0.253. The molecule has 1 heterocycles. The van der Waals surface area contributed by atoms with Crippen LogP contribution in [0.5, 0.6) is 0 Å². The average Bonchev–Trinajstić information content (AvgIpc) is 3.40. The van der Waals surface area contributed by atoms with E-state index >= 15 is 0 Å². The predicted molar refractivity (Wildman–Crippen MR) is 138 cm³/mol. The van der Waals surface area contributed by atoms with Gasteiger partial charge in [-0.15, -0.1) is 0 Å². The molecular weight excluding hydrogens is 437 g/mol. The molecule has 5 aliphatic rings. The Bertz CT molecular complexity index is 979. The minimum absolute atomic E-state index is 0.0647. The molecule has 4 heteroatoms. The number of rotatable bonds is 4. The number of hydrogen-bond acceptors (Lipinski definition) is 2. The maximum absolute atomic E-state index is 13.8. The normalized spacial score (nSPS) is 42.2. The van der Waals surface area contributed by atoms with Gasteiger partial charge in [-0.3, -0.25) is 4.79 Å². The van der Waals surface area contributed by atoms with E-state index in [-0.39, 0.29) is 17.8 Å². The monoisotopic (exact) mass is 481 g/mol. The van der Waals surface area contributed by atoms with Crippen molar-refractivity contribution in [1.82, 2.24) is 0 Å². The first-order chi connectivity index (χ1) is 16.8. The molecule has 3 nitrogen and oxygen atoms in total. The Hall–Kier alpha value is -1.42. The molecule has 0 spiro atoms. The summed E-state index contributed by atoms with van der Waals surface area (Å²) in [4.78, 5) is 14.8. The summed E-state index contributed by atoms with van der Waals surface area (Å²) in [6, 6.07) is 4.86. The highest BCUT2D eigenvalue weighted by molar-refractivity contribution is 5.95. The van der Waals surface area contributed by atoms with Crippen LogP contribution in [0, 0.1) is 46.2 Å². The molecule has 4 fully saturated rings. The maximum atomic E-state index is 13.8. The number of anilines is 1. The van der Waals surface area contributed by atoms with Crippen molar-refractivity contribution < 1.29 is 14.3 Å². The van der Waals surface area contributed by atoms with Gasteiger partial charge in [-0.05, 0) is 135 Å². The lowest BCUT2D eigenvalue weighted by Crippen LogP contribution is -2.53. The summed E-state index contributed by atoms with van der Waals surface area (Å²) in [5.74, 6) is 3.95. The summed E-state index contributed by atoms with van der Waals surface area (Å²) in [6.07, 6.45) is 14.8. The molecule has 1 N–H and O–H groups in total. The molecule has 4 saturated carbocycles. The Morgan fingerprint density at radius 1 is 1.06 bits per heavy atom. The van der Waals surface area contributed by atoms with Crippen molar-refractivity contribution in [1.29, 1.82) is 0 Å². The second kappa shape index (κ2) is 8.85. The van der Waals surface area contributed by atoms with Gasteiger partial charge in [0.2, 0.25) is 5.91 Å². The van der Waals surface area contributed by atoms with Gasteiger partial charge in [0.25, 0.3) is 0 Å². The zero-order valence-corrected chi connectivity index (χ0v) is 21.8. The standard InChI is InChI=1S/C31H44FNO2/c1-30-16-13-27-25(10-7-22-18-24(34)12-15-31(22,27)2)26(30)11-8-21(30)4-3-5-29(35)33-17-14-20-6-9-23(32)19-28(20)33/h6,9,19,21-22,24-27,34H,3-5,7-8,10-18H2,1-2H3/t21-,22?,24+,25?,26?,27?,30?,31?/m0/s1. The van der Waals surface area contributed by atoms with Crippen molar-refractivity contribution in [2.24, 2.45) is 40.4 Å². The second-order valence-corrected chi connectivity index (χ2v) is 13.4. The first-order valence-electron chi connectivity index (χ1n) is 14.6. The van der Waals surface area contributed by atoms with Crippen LogP contribution in [0.15, 0.2) is 18.2 Å². The highest BCUT2D eigenvalue weighted by Crippen LogP contribution is 2.67. The molecule has 8 atom stereocenters. The smallest absolute Gasteiger partial charge is 0.226 e. The molecule has 0 saturated heterocycles. The summed E-state index contributed by atoms with van der Waals surface area (Å²) in [5, 5.41) is 10.3. The fraction of sp³-hybridized carbons (Fsp3) is 0.774. The summed E-state index contributed by atoms with van der Waals surface area (Å²) in [5.41, 5.74) is 2.77. The van der Waals surface area contributed by atoms with Gasteiger partial charge < -0.3 is 10.0 Å². The third kappa shape index (κ3) is 3.88. The van der Waals surface area contributed by atoms with Crippen LogP contribution in [-0.4, -0.2) is 23.7 Å². The summed E-state index contributed by atoms with van der Waals surface area (Å²) in [7, 11) is 0. The molecule has 6 rings (SSSR count). The van der Waals surface area contributed by atoms with Crippen LogP contribution in [0.1, 0.15) is 96.5 Å². The molecule has 4 aliphatic carbocycles. The highest BCUT2D eigenvalue weighted by Gasteiger charge is 2.59. The lowest BCUT2D eigenvalue weighted by molar-refractivity contribution is -0.127. The zero-order valence-electron chi connectivity index (χ0n) is 21.8. The first kappa shape index (κ1) is 23.9. The van der Waals surface area contributed by atoms with Gasteiger partial charge in [0, 0.05) is 18.7 Å². The Labute approximate surface area is 210 Å². The molecule has 0 radical (unpaired) electrons. The van der Waals surface area contributed by atoms with Crippen molar-refractivity contribution in [3.63, 3.8) is 0 Å². The van der Waals surface area contributed by atoms with Crippen molar-refractivity contribution in [3.8, 4) is 0 Å². The Morgan fingerprint density at radius 2 is 1.86 bits per heavy atom. The van der Waals surface area contributed by atoms with Gasteiger partial charge in [-0.1, -0.05) is 19.9 Å². The van der Waals surface area contributed by atoms with E-state index in [9.17, 15) is 14.3 Å². The number of aliphatic hydroxyl groups excluding tert-OH is 1. The number of carbonyl (C=O) groups excluding carboxylic acids is 1. The van der Waals surface area contributed by atoms with E-state index < -0.39 is 0 Å². The number of hydrogen-bond donors (Lipinski definition) is 1. The quantitative estimate of drug-likeness (QED) is 0.508. The molecular formula is C31H44FNO2. The van der Waals surface area contributed by atoms with E-state index in [0.717, 1.165) is 72.9 Å². The van der Waals surface area contributed by atoms with Gasteiger partial charge >= 0.3 is 0 Å². The van der Waals surface area contributed by atoms with Crippen molar-refractivity contribution >= 4 is 11.6 Å². The molecule has 1 amide bonds. The Balaban J connectivity index is 1.08. The minimum Gasteiger partial charge on any atom is -0.393 e. The number of amides is 1. The molecule has 0 aromatic heterocycles. The molecule has 35 heavy (non-hydrogen) atoms. The van der Waals surface area contributed by atoms with E-state index in [0.29, 0.717) is 23.8 Å². The van der Waals surface area contributed by atoms with Crippen molar-refractivity contribution in [3.05, 3.63) is 29.6 Å². The molecule has 192 valence electrons. The SMILES string of the molecule is CC12CC[C@@H](O)CC1CCC1C2CCC2(C)C1CC[C@@H]2CCCC(=O)N1CCc2ccc(F)cc21. The van der Waals surface area contributed by atoms with E-state index in [1.165, 1.54) is 57.1 Å². The van der Waals surface area contributed by atoms with Gasteiger partial charge in [0.15, 0.2) is 0 Å². The maximum Gasteiger partial charge on any atom is 0.226 e. The van der Waals surface area contributed by atoms with Crippen LogP contribution >= 0.6 is 0 Å². The lowest BCUT2D eigenvalue weighted by Gasteiger charge is -2.61. The van der Waals surface area contributed by atoms with Crippen LogP contribution in [0.25, 0.3) is 0 Å². The zero-order chi connectivity index (χ0) is 24.4. The molecule has 0 bridgehead atoms. The summed E-state index contributed by atoms with van der Waals surface area (Å²) in [6.45, 7) is 5.86. The first-order valence-corrected chi connectivity index (χ1v) is 14.6. The van der Waals surface area contributed by atoms with Gasteiger partial charge in [0.05, 0.1) is 6.10 Å². The fourth-order valence-electron chi connectivity index (χ4n) is 10.1. The number of nitrogens with zero attached hydrogens (tertiary/aromatic N) is 1. The van der Waals surface area contributed by atoms with Crippen molar-refractivity contribution in [2.75, 3.05) is 11.4 Å². The van der Waals surface area contributed by atoms with E-state index in [1.54, 1.807) is 0 Å². The lowest BCUT2D eigenvalue weighted by atomic mass is 9.44. The Morgan fingerprint density at radius 3 is 2.71 bits per heavy atom. The van der Waals surface area contributed by atoms with E-state index in [1.807, 2.05) is 11.0 Å².